The average Bonchev–Trinajstić information content (AvgIpc) is 2.94. The molecule has 1 aliphatic heterocycles. The number of halogens is 1. The molecule has 23 heavy (non-hydrogen) atoms. The molecule has 0 spiro atoms. The number of hydrogen-bond donors (Lipinski definition) is 2. The molecule has 2 aliphatic rings. The van der Waals surface area contributed by atoms with Crippen LogP contribution in [0, 0.1) is 5.82 Å². The van der Waals surface area contributed by atoms with Crippen LogP contribution in [0.4, 0.5) is 10.1 Å². The van der Waals surface area contributed by atoms with Crippen molar-refractivity contribution in [2.75, 3.05) is 5.32 Å². The number of aliphatic carboxylic acids is 1. The number of hydrogen-bond acceptors (Lipinski definition) is 4. The molecule has 1 amide bonds. The van der Waals surface area contributed by atoms with Crippen LogP contribution in [0.1, 0.15) is 32.1 Å². The zero-order valence-corrected chi connectivity index (χ0v) is 12.5. The molecule has 3 rings (SSSR count). The van der Waals surface area contributed by atoms with E-state index in [1.54, 1.807) is 6.07 Å². The maximum Gasteiger partial charge on any atom is 0.332 e. The van der Waals surface area contributed by atoms with Crippen molar-refractivity contribution < 1.29 is 28.6 Å². The van der Waals surface area contributed by atoms with Crippen molar-refractivity contribution in [1.29, 1.82) is 0 Å². The summed E-state index contributed by atoms with van der Waals surface area (Å²) in [5.41, 5.74) is 0.288. The van der Waals surface area contributed by atoms with Crippen molar-refractivity contribution in [3.63, 3.8) is 0 Å². The summed E-state index contributed by atoms with van der Waals surface area (Å²) in [6.45, 7) is 0. The lowest BCUT2D eigenvalue weighted by Gasteiger charge is -2.26. The van der Waals surface area contributed by atoms with Crippen molar-refractivity contribution in [1.82, 2.24) is 0 Å². The van der Waals surface area contributed by atoms with Crippen LogP contribution < -0.4 is 10.1 Å². The van der Waals surface area contributed by atoms with Gasteiger partial charge in [0, 0.05) is 11.8 Å². The van der Waals surface area contributed by atoms with Crippen LogP contribution in [0.15, 0.2) is 18.2 Å². The molecule has 2 fully saturated rings. The third kappa shape index (κ3) is 3.61. The van der Waals surface area contributed by atoms with E-state index in [1.165, 1.54) is 12.1 Å². The highest BCUT2D eigenvalue weighted by Crippen LogP contribution is 2.29. The summed E-state index contributed by atoms with van der Waals surface area (Å²) in [6.07, 6.45) is 1.86. The molecule has 1 heterocycles. The fraction of sp³-hybridized carbons (Fsp3) is 0.500. The summed E-state index contributed by atoms with van der Waals surface area (Å²) in [6, 6.07) is 4.23. The van der Waals surface area contributed by atoms with Gasteiger partial charge in [-0.3, -0.25) is 4.79 Å². The molecule has 2 N–H and O–H groups in total. The standard InChI is InChI=1S/C16H18FNO5/c17-11-8-9(4-5-12(11)22-10-2-1-3-10)18-15(19)13-6-7-14(23-13)16(20)21/h4-5,8,10,13-14H,1-3,6-7H2,(H,18,19)(H,20,21)/t13-,14+/m0/s1. The Kier molecular flexibility index (Phi) is 4.47. The second-order valence-corrected chi connectivity index (χ2v) is 5.83. The van der Waals surface area contributed by atoms with Gasteiger partial charge >= 0.3 is 5.97 Å². The molecule has 0 unspecified atom stereocenters. The van der Waals surface area contributed by atoms with E-state index in [2.05, 4.69) is 5.32 Å². The monoisotopic (exact) mass is 323 g/mol. The Morgan fingerprint density at radius 3 is 2.52 bits per heavy atom. The van der Waals surface area contributed by atoms with Crippen molar-refractivity contribution in [3.8, 4) is 5.75 Å². The molecule has 0 aromatic heterocycles. The number of carboxylic acid groups (broad SMARTS) is 1. The predicted molar refractivity (Wildman–Crippen MR) is 78.8 cm³/mol. The van der Waals surface area contributed by atoms with Gasteiger partial charge in [-0.05, 0) is 44.2 Å². The maximum absolute atomic E-state index is 14.0. The van der Waals surface area contributed by atoms with Crippen molar-refractivity contribution in [2.24, 2.45) is 0 Å². The number of ether oxygens (including phenoxy) is 2. The van der Waals surface area contributed by atoms with Gasteiger partial charge in [-0.15, -0.1) is 0 Å². The van der Waals surface area contributed by atoms with Gasteiger partial charge in [-0.1, -0.05) is 0 Å². The molecule has 1 saturated carbocycles. The predicted octanol–water partition coefficient (Wildman–Crippen LogP) is 2.33. The van der Waals surface area contributed by atoms with Crippen molar-refractivity contribution >= 4 is 17.6 Å². The molecular formula is C16H18FNO5. The van der Waals surface area contributed by atoms with E-state index in [0.29, 0.717) is 6.42 Å². The molecule has 124 valence electrons. The fourth-order valence-electron chi connectivity index (χ4n) is 2.58. The normalized spacial score (nSPS) is 24.0. The second kappa shape index (κ2) is 6.54. The van der Waals surface area contributed by atoms with Gasteiger partial charge in [-0.2, -0.15) is 0 Å². The first-order chi connectivity index (χ1) is 11.0. The Morgan fingerprint density at radius 2 is 1.96 bits per heavy atom. The van der Waals surface area contributed by atoms with Gasteiger partial charge in [0.05, 0.1) is 6.10 Å². The number of benzene rings is 1. The molecule has 1 aliphatic carbocycles. The van der Waals surface area contributed by atoms with Crippen LogP contribution in [-0.2, 0) is 14.3 Å². The minimum atomic E-state index is -1.08. The van der Waals surface area contributed by atoms with E-state index in [4.69, 9.17) is 14.6 Å². The molecule has 1 aromatic rings. The second-order valence-electron chi connectivity index (χ2n) is 5.83. The molecule has 6 nitrogen and oxygen atoms in total. The summed E-state index contributed by atoms with van der Waals surface area (Å²) in [5.74, 6) is -1.91. The molecule has 0 bridgehead atoms. The minimum Gasteiger partial charge on any atom is -0.487 e. The first-order valence-corrected chi connectivity index (χ1v) is 7.68. The van der Waals surface area contributed by atoms with E-state index in [1.807, 2.05) is 0 Å². The number of carbonyl (C=O) groups excluding carboxylic acids is 1. The number of nitrogens with one attached hydrogen (secondary N) is 1. The first-order valence-electron chi connectivity index (χ1n) is 7.68. The van der Waals surface area contributed by atoms with Crippen LogP contribution in [0.25, 0.3) is 0 Å². The molecule has 7 heteroatoms. The molecule has 1 saturated heterocycles. The third-order valence-electron chi connectivity index (χ3n) is 4.13. The summed E-state index contributed by atoms with van der Waals surface area (Å²) in [7, 11) is 0. The molecule has 2 atom stereocenters. The Balaban J connectivity index is 1.58. The van der Waals surface area contributed by atoms with E-state index in [9.17, 15) is 14.0 Å². The zero-order chi connectivity index (χ0) is 16.4. The van der Waals surface area contributed by atoms with Crippen LogP contribution in [0.3, 0.4) is 0 Å². The Morgan fingerprint density at radius 1 is 1.22 bits per heavy atom. The maximum atomic E-state index is 14.0. The topological polar surface area (TPSA) is 84.9 Å². The fourth-order valence-corrected chi connectivity index (χ4v) is 2.58. The highest BCUT2D eigenvalue weighted by Gasteiger charge is 2.34. The SMILES string of the molecule is O=C(Nc1ccc(OC2CCC2)c(F)c1)[C@@H]1CC[C@H](C(=O)O)O1. The smallest absolute Gasteiger partial charge is 0.332 e. The molecular weight excluding hydrogens is 305 g/mol. The third-order valence-corrected chi connectivity index (χ3v) is 4.13. The zero-order valence-electron chi connectivity index (χ0n) is 12.5. The number of anilines is 1. The Bertz CT molecular complexity index is 616. The van der Waals surface area contributed by atoms with Gasteiger partial charge in [0.1, 0.15) is 6.10 Å². The Hall–Kier alpha value is -2.15. The highest BCUT2D eigenvalue weighted by molar-refractivity contribution is 5.94. The summed E-state index contributed by atoms with van der Waals surface area (Å²) in [5, 5.41) is 11.4. The molecule has 1 aromatic carbocycles. The van der Waals surface area contributed by atoms with Gasteiger partial charge in [-0.25, -0.2) is 9.18 Å². The van der Waals surface area contributed by atoms with Crippen molar-refractivity contribution in [3.05, 3.63) is 24.0 Å². The number of carboxylic acids is 1. The number of carbonyl (C=O) groups is 2. The van der Waals surface area contributed by atoms with Crippen LogP contribution in [-0.4, -0.2) is 35.3 Å². The van der Waals surface area contributed by atoms with E-state index in [0.717, 1.165) is 19.3 Å². The minimum absolute atomic E-state index is 0.0739. The van der Waals surface area contributed by atoms with E-state index >= 15 is 0 Å². The van der Waals surface area contributed by atoms with Gasteiger partial charge < -0.3 is 19.9 Å². The largest absolute Gasteiger partial charge is 0.487 e. The van der Waals surface area contributed by atoms with Crippen LogP contribution in [0.5, 0.6) is 5.75 Å². The lowest BCUT2D eigenvalue weighted by atomic mass is 9.96. The van der Waals surface area contributed by atoms with Crippen LogP contribution >= 0.6 is 0 Å². The summed E-state index contributed by atoms with van der Waals surface area (Å²) in [4.78, 5) is 22.8. The summed E-state index contributed by atoms with van der Waals surface area (Å²) >= 11 is 0. The van der Waals surface area contributed by atoms with Crippen molar-refractivity contribution in [2.45, 2.75) is 50.4 Å². The number of rotatable bonds is 5. The van der Waals surface area contributed by atoms with Gasteiger partial charge in [0.25, 0.3) is 5.91 Å². The van der Waals surface area contributed by atoms with Gasteiger partial charge in [0.15, 0.2) is 17.7 Å². The lowest BCUT2D eigenvalue weighted by Crippen LogP contribution is -2.30. The molecule has 0 radical (unpaired) electrons. The quantitative estimate of drug-likeness (QED) is 0.869. The Labute approximate surface area is 132 Å². The lowest BCUT2D eigenvalue weighted by molar-refractivity contribution is -0.150. The van der Waals surface area contributed by atoms with Crippen LogP contribution in [0.2, 0.25) is 0 Å². The first kappa shape index (κ1) is 15.7. The highest BCUT2D eigenvalue weighted by atomic mass is 19.1. The van der Waals surface area contributed by atoms with E-state index in [-0.39, 0.29) is 24.0 Å². The average molecular weight is 323 g/mol. The van der Waals surface area contributed by atoms with E-state index < -0.39 is 29.9 Å². The number of amides is 1. The summed E-state index contributed by atoms with van der Waals surface area (Å²) < 4.78 is 24.6. The van der Waals surface area contributed by atoms with Gasteiger partial charge in [0.2, 0.25) is 0 Å².